The van der Waals surface area contributed by atoms with Gasteiger partial charge in [0.15, 0.2) is 0 Å². The van der Waals surface area contributed by atoms with E-state index in [-0.39, 0.29) is 18.9 Å². The number of carbonyl (C=O) groups is 2. The van der Waals surface area contributed by atoms with E-state index >= 15 is 0 Å². The molecule has 9 heteroatoms. The molecule has 0 radical (unpaired) electrons. The van der Waals surface area contributed by atoms with E-state index < -0.39 is 28.5 Å². The number of benzene rings is 3. The molecule has 1 N–H and O–H groups in total. The molecular weight excluding hydrogens is 514 g/mol. The van der Waals surface area contributed by atoms with Gasteiger partial charge in [0.05, 0.1) is 18.6 Å². The summed E-state index contributed by atoms with van der Waals surface area (Å²) in [6.45, 7) is 6.22. The summed E-state index contributed by atoms with van der Waals surface area (Å²) in [6.07, 6.45) is 1.35. The number of ether oxygens (including phenoxy) is 1. The Kier molecular flexibility index (Phi) is 10.5. The van der Waals surface area contributed by atoms with Crippen molar-refractivity contribution in [1.82, 2.24) is 10.2 Å². The van der Waals surface area contributed by atoms with Gasteiger partial charge in [0, 0.05) is 19.5 Å². The molecule has 0 aliphatic heterocycles. The van der Waals surface area contributed by atoms with Gasteiger partial charge < -0.3 is 15.0 Å². The van der Waals surface area contributed by atoms with E-state index in [1.54, 1.807) is 24.3 Å². The molecule has 1 atom stereocenters. The van der Waals surface area contributed by atoms with Crippen molar-refractivity contribution in [2.45, 2.75) is 39.8 Å². The maximum absolute atomic E-state index is 14.0. The van der Waals surface area contributed by atoms with Crippen LogP contribution in [0.2, 0.25) is 0 Å². The minimum Gasteiger partial charge on any atom is -0.494 e. The molecule has 8 nitrogen and oxygen atoms in total. The first-order chi connectivity index (χ1) is 18.6. The smallest absolute Gasteiger partial charge is 0.244 e. The molecule has 0 bridgehead atoms. The SMILES string of the molecule is CCNC(=O)C(Cc1ccccc1)N(Cc1ccc(C)cc1)C(=O)CN(c1ccc(OCC)cc1)S(C)(=O)=O. The monoisotopic (exact) mass is 551 g/mol. The number of rotatable bonds is 13. The van der Waals surface area contributed by atoms with Gasteiger partial charge in [0.25, 0.3) is 0 Å². The zero-order valence-electron chi connectivity index (χ0n) is 23.0. The van der Waals surface area contributed by atoms with Crippen LogP contribution in [-0.2, 0) is 32.6 Å². The van der Waals surface area contributed by atoms with E-state index in [4.69, 9.17) is 4.74 Å². The average Bonchev–Trinajstić information content (AvgIpc) is 2.91. The number of amides is 2. The second kappa shape index (κ2) is 13.8. The highest BCUT2D eigenvalue weighted by molar-refractivity contribution is 7.92. The Bertz CT molecular complexity index is 1330. The Morgan fingerprint density at radius 3 is 2.10 bits per heavy atom. The van der Waals surface area contributed by atoms with Gasteiger partial charge in [-0.05, 0) is 56.2 Å². The molecule has 3 aromatic rings. The van der Waals surface area contributed by atoms with Gasteiger partial charge in [-0.15, -0.1) is 0 Å². The summed E-state index contributed by atoms with van der Waals surface area (Å²) in [4.78, 5) is 28.8. The molecular formula is C30H37N3O5S. The highest BCUT2D eigenvalue weighted by Crippen LogP contribution is 2.23. The number of sulfonamides is 1. The number of nitrogens with one attached hydrogen (secondary N) is 1. The lowest BCUT2D eigenvalue weighted by molar-refractivity contribution is -0.140. The fourth-order valence-electron chi connectivity index (χ4n) is 4.23. The van der Waals surface area contributed by atoms with Crippen LogP contribution in [0.15, 0.2) is 78.9 Å². The number of hydrogen-bond donors (Lipinski definition) is 1. The molecule has 39 heavy (non-hydrogen) atoms. The van der Waals surface area contributed by atoms with Crippen LogP contribution in [0.4, 0.5) is 5.69 Å². The van der Waals surface area contributed by atoms with E-state index in [0.29, 0.717) is 24.6 Å². The quantitative estimate of drug-likeness (QED) is 0.347. The second-order valence-electron chi connectivity index (χ2n) is 9.30. The van der Waals surface area contributed by atoms with E-state index in [9.17, 15) is 18.0 Å². The van der Waals surface area contributed by atoms with Gasteiger partial charge in [-0.1, -0.05) is 60.2 Å². The first-order valence-corrected chi connectivity index (χ1v) is 14.8. The molecule has 0 spiro atoms. The Labute approximate surface area is 231 Å². The summed E-state index contributed by atoms with van der Waals surface area (Å²) >= 11 is 0. The number of nitrogens with zero attached hydrogens (tertiary/aromatic N) is 2. The molecule has 1 unspecified atom stereocenters. The van der Waals surface area contributed by atoms with Crippen LogP contribution in [0.1, 0.15) is 30.5 Å². The minimum atomic E-state index is -3.82. The third-order valence-corrected chi connectivity index (χ3v) is 7.35. The summed E-state index contributed by atoms with van der Waals surface area (Å²) in [5, 5.41) is 2.85. The van der Waals surface area contributed by atoms with Crippen molar-refractivity contribution in [1.29, 1.82) is 0 Å². The van der Waals surface area contributed by atoms with Gasteiger partial charge in [-0.3, -0.25) is 13.9 Å². The highest BCUT2D eigenvalue weighted by Gasteiger charge is 2.32. The van der Waals surface area contributed by atoms with Gasteiger partial charge >= 0.3 is 0 Å². The van der Waals surface area contributed by atoms with Gasteiger partial charge in [0.2, 0.25) is 21.8 Å². The van der Waals surface area contributed by atoms with Crippen LogP contribution in [0.25, 0.3) is 0 Å². The highest BCUT2D eigenvalue weighted by atomic mass is 32.2. The van der Waals surface area contributed by atoms with Crippen LogP contribution in [0.5, 0.6) is 5.75 Å². The Hall–Kier alpha value is -3.85. The topological polar surface area (TPSA) is 96.0 Å². The van der Waals surface area contributed by atoms with Crippen molar-refractivity contribution < 1.29 is 22.7 Å². The molecule has 0 saturated carbocycles. The Morgan fingerprint density at radius 2 is 1.54 bits per heavy atom. The van der Waals surface area contributed by atoms with Crippen molar-refractivity contribution in [2.24, 2.45) is 0 Å². The zero-order valence-corrected chi connectivity index (χ0v) is 23.8. The third kappa shape index (κ3) is 8.58. The number of hydrogen-bond acceptors (Lipinski definition) is 5. The largest absolute Gasteiger partial charge is 0.494 e. The van der Waals surface area contributed by atoms with Crippen molar-refractivity contribution in [3.63, 3.8) is 0 Å². The van der Waals surface area contributed by atoms with Crippen molar-refractivity contribution >= 4 is 27.5 Å². The van der Waals surface area contributed by atoms with E-state index in [0.717, 1.165) is 27.3 Å². The van der Waals surface area contributed by atoms with Crippen LogP contribution >= 0.6 is 0 Å². The standard InChI is InChI=1S/C30H37N3O5S/c1-5-31-30(35)28(20-24-10-8-7-9-11-24)32(21-25-14-12-23(3)13-15-25)29(34)22-33(39(4,36)37)26-16-18-27(19-17-26)38-6-2/h7-19,28H,5-6,20-22H2,1-4H3,(H,31,35). The van der Waals surface area contributed by atoms with Gasteiger partial charge in [0.1, 0.15) is 18.3 Å². The summed E-state index contributed by atoms with van der Waals surface area (Å²) in [5.74, 6) is -0.183. The molecule has 2 amide bonds. The van der Waals surface area contributed by atoms with Crippen LogP contribution in [-0.4, -0.2) is 57.1 Å². The maximum Gasteiger partial charge on any atom is 0.244 e. The lowest BCUT2D eigenvalue weighted by Crippen LogP contribution is -2.53. The van der Waals surface area contributed by atoms with Crippen molar-refractivity contribution in [3.05, 3.63) is 95.6 Å². The van der Waals surface area contributed by atoms with Crippen LogP contribution in [0.3, 0.4) is 0 Å². The Morgan fingerprint density at radius 1 is 0.897 bits per heavy atom. The Balaban J connectivity index is 2.00. The molecule has 0 aliphatic rings. The fourth-order valence-corrected chi connectivity index (χ4v) is 5.07. The lowest BCUT2D eigenvalue weighted by Gasteiger charge is -2.33. The van der Waals surface area contributed by atoms with Crippen molar-refractivity contribution in [2.75, 3.05) is 30.3 Å². The molecule has 0 fully saturated rings. The second-order valence-corrected chi connectivity index (χ2v) is 11.2. The molecule has 0 aliphatic carbocycles. The summed E-state index contributed by atoms with van der Waals surface area (Å²) in [6, 6.07) is 22.9. The van der Waals surface area contributed by atoms with Crippen molar-refractivity contribution in [3.8, 4) is 5.75 Å². The molecule has 0 saturated heterocycles. The number of anilines is 1. The summed E-state index contributed by atoms with van der Waals surface area (Å²) < 4.78 is 32.2. The third-order valence-electron chi connectivity index (χ3n) is 6.21. The van der Waals surface area contributed by atoms with E-state index in [1.807, 2.05) is 75.4 Å². The van der Waals surface area contributed by atoms with E-state index in [2.05, 4.69) is 5.32 Å². The first-order valence-electron chi connectivity index (χ1n) is 13.0. The molecule has 208 valence electrons. The van der Waals surface area contributed by atoms with Crippen LogP contribution in [0, 0.1) is 6.92 Å². The lowest BCUT2D eigenvalue weighted by atomic mass is 10.0. The first kappa shape index (κ1) is 29.7. The maximum atomic E-state index is 14.0. The summed E-state index contributed by atoms with van der Waals surface area (Å²) in [7, 11) is -3.82. The van der Waals surface area contributed by atoms with E-state index in [1.165, 1.54) is 4.90 Å². The molecule has 3 aromatic carbocycles. The normalized spacial score (nSPS) is 11.9. The number of carbonyl (C=O) groups excluding carboxylic acids is 2. The summed E-state index contributed by atoms with van der Waals surface area (Å²) in [5.41, 5.74) is 3.13. The average molecular weight is 552 g/mol. The number of aryl methyl sites for hydroxylation is 1. The van der Waals surface area contributed by atoms with Gasteiger partial charge in [-0.25, -0.2) is 8.42 Å². The molecule has 3 rings (SSSR count). The molecule has 0 aromatic heterocycles. The predicted molar refractivity (Wildman–Crippen MR) is 154 cm³/mol. The predicted octanol–water partition coefficient (Wildman–Crippen LogP) is 3.94. The van der Waals surface area contributed by atoms with Crippen LogP contribution < -0.4 is 14.4 Å². The fraction of sp³-hybridized carbons (Fsp3) is 0.333. The minimum absolute atomic E-state index is 0.147. The molecule has 0 heterocycles. The number of likely N-dealkylation sites (N-methyl/N-ethyl adjacent to an activating group) is 1. The zero-order chi connectivity index (χ0) is 28.4. The van der Waals surface area contributed by atoms with Gasteiger partial charge in [-0.2, -0.15) is 0 Å².